The van der Waals surface area contributed by atoms with Gasteiger partial charge in [0.15, 0.2) is 0 Å². The maximum atomic E-state index is 12.6. The van der Waals surface area contributed by atoms with E-state index < -0.39 is 0 Å². The summed E-state index contributed by atoms with van der Waals surface area (Å²) in [5, 5.41) is 3.52. The fraction of sp³-hybridized carbons (Fsp3) is 0.588. The van der Waals surface area contributed by atoms with Crippen molar-refractivity contribution < 1.29 is 9.53 Å². The number of nitrogens with one attached hydrogen (secondary N) is 1. The molecule has 1 aliphatic rings. The number of piperidine rings is 1. The highest BCUT2D eigenvalue weighted by Crippen LogP contribution is 2.21. The van der Waals surface area contributed by atoms with Crippen molar-refractivity contribution in [2.75, 3.05) is 26.7 Å². The maximum absolute atomic E-state index is 12.6. The first-order chi connectivity index (χ1) is 10.2. The van der Waals surface area contributed by atoms with Crippen LogP contribution in [0.5, 0.6) is 5.75 Å². The Hall–Kier alpha value is -1.55. The number of benzene rings is 1. The second-order valence-corrected chi connectivity index (χ2v) is 5.73. The number of hydrogen-bond donors (Lipinski definition) is 1. The highest BCUT2D eigenvalue weighted by atomic mass is 16.5. The van der Waals surface area contributed by atoms with Gasteiger partial charge in [-0.05, 0) is 50.4 Å². The molecule has 1 amide bonds. The summed E-state index contributed by atoms with van der Waals surface area (Å²) in [5.41, 5.74) is 1.77. The fourth-order valence-electron chi connectivity index (χ4n) is 2.81. The summed E-state index contributed by atoms with van der Waals surface area (Å²) < 4.78 is 5.31. The minimum atomic E-state index is 0.108. The third-order valence-electron chi connectivity index (χ3n) is 4.05. The molecule has 1 aliphatic heterocycles. The van der Waals surface area contributed by atoms with Crippen LogP contribution in [0.2, 0.25) is 0 Å². The van der Waals surface area contributed by atoms with Crippen molar-refractivity contribution in [1.82, 2.24) is 10.2 Å². The predicted molar refractivity (Wildman–Crippen MR) is 85.0 cm³/mol. The molecule has 1 aromatic carbocycles. The van der Waals surface area contributed by atoms with Gasteiger partial charge in [0.1, 0.15) is 5.75 Å². The molecule has 1 heterocycles. The van der Waals surface area contributed by atoms with E-state index in [4.69, 9.17) is 4.74 Å². The van der Waals surface area contributed by atoms with E-state index in [-0.39, 0.29) is 5.91 Å². The number of amides is 1. The van der Waals surface area contributed by atoms with E-state index in [1.165, 1.54) is 0 Å². The molecule has 4 heteroatoms. The lowest BCUT2D eigenvalue weighted by Gasteiger charge is -2.33. The molecule has 0 aliphatic carbocycles. The Morgan fingerprint density at radius 1 is 1.48 bits per heavy atom. The minimum absolute atomic E-state index is 0.108. The van der Waals surface area contributed by atoms with Gasteiger partial charge in [-0.2, -0.15) is 0 Å². The zero-order valence-electron chi connectivity index (χ0n) is 13.3. The molecule has 0 radical (unpaired) electrons. The minimum Gasteiger partial charge on any atom is -0.496 e. The van der Waals surface area contributed by atoms with Crippen LogP contribution in [0.3, 0.4) is 0 Å². The third kappa shape index (κ3) is 3.97. The SMILES string of the molecule is CCCNC1CCCN(C(=O)c2ccc(C)c(OC)c2)C1. The van der Waals surface area contributed by atoms with Crippen LogP contribution in [-0.2, 0) is 0 Å². The van der Waals surface area contributed by atoms with Crippen LogP contribution < -0.4 is 10.1 Å². The lowest BCUT2D eigenvalue weighted by atomic mass is 10.0. The maximum Gasteiger partial charge on any atom is 0.254 e. The van der Waals surface area contributed by atoms with Crippen LogP contribution in [-0.4, -0.2) is 43.6 Å². The number of hydrogen-bond acceptors (Lipinski definition) is 3. The fourth-order valence-corrected chi connectivity index (χ4v) is 2.81. The number of aryl methyl sites for hydroxylation is 1. The first kappa shape index (κ1) is 15.8. The average molecular weight is 290 g/mol. The smallest absolute Gasteiger partial charge is 0.254 e. The summed E-state index contributed by atoms with van der Waals surface area (Å²) in [7, 11) is 1.64. The molecule has 0 bridgehead atoms. The number of likely N-dealkylation sites (tertiary alicyclic amines) is 1. The molecule has 1 N–H and O–H groups in total. The van der Waals surface area contributed by atoms with Crippen LogP contribution in [0.15, 0.2) is 18.2 Å². The summed E-state index contributed by atoms with van der Waals surface area (Å²) in [4.78, 5) is 14.6. The summed E-state index contributed by atoms with van der Waals surface area (Å²) in [5.74, 6) is 0.884. The zero-order chi connectivity index (χ0) is 15.2. The molecule has 0 aromatic heterocycles. The molecule has 1 fully saturated rings. The predicted octanol–water partition coefficient (Wildman–Crippen LogP) is 2.61. The Labute approximate surface area is 127 Å². The third-order valence-corrected chi connectivity index (χ3v) is 4.05. The Balaban J connectivity index is 2.05. The van der Waals surface area contributed by atoms with Gasteiger partial charge < -0.3 is 15.0 Å². The van der Waals surface area contributed by atoms with Crippen molar-refractivity contribution in [2.45, 2.75) is 39.2 Å². The Morgan fingerprint density at radius 3 is 3.00 bits per heavy atom. The van der Waals surface area contributed by atoms with Gasteiger partial charge in [0.05, 0.1) is 7.11 Å². The van der Waals surface area contributed by atoms with Crippen molar-refractivity contribution in [3.63, 3.8) is 0 Å². The first-order valence-electron chi connectivity index (χ1n) is 7.83. The van der Waals surface area contributed by atoms with E-state index in [9.17, 15) is 4.79 Å². The summed E-state index contributed by atoms with van der Waals surface area (Å²) in [6.45, 7) is 6.81. The zero-order valence-corrected chi connectivity index (χ0v) is 13.3. The molecule has 116 valence electrons. The van der Waals surface area contributed by atoms with E-state index in [0.717, 1.165) is 50.2 Å². The highest BCUT2D eigenvalue weighted by molar-refractivity contribution is 5.94. The van der Waals surface area contributed by atoms with Crippen LogP contribution in [0, 0.1) is 6.92 Å². The molecule has 1 saturated heterocycles. The molecule has 1 aromatic rings. The van der Waals surface area contributed by atoms with Gasteiger partial charge in [0, 0.05) is 24.7 Å². The Morgan fingerprint density at radius 2 is 2.29 bits per heavy atom. The first-order valence-corrected chi connectivity index (χ1v) is 7.83. The van der Waals surface area contributed by atoms with Crippen LogP contribution in [0.4, 0.5) is 0 Å². The Bertz CT molecular complexity index is 488. The monoisotopic (exact) mass is 290 g/mol. The number of methoxy groups -OCH3 is 1. The largest absolute Gasteiger partial charge is 0.496 e. The van der Waals surface area contributed by atoms with Crippen LogP contribution in [0.1, 0.15) is 42.1 Å². The van der Waals surface area contributed by atoms with Gasteiger partial charge in [0.25, 0.3) is 5.91 Å². The molecular formula is C17H26N2O2. The Kier molecular flexibility index (Phi) is 5.62. The average Bonchev–Trinajstić information content (AvgIpc) is 2.53. The van der Waals surface area contributed by atoms with Crippen LogP contribution >= 0.6 is 0 Å². The van der Waals surface area contributed by atoms with Crippen molar-refractivity contribution in [2.24, 2.45) is 0 Å². The number of carbonyl (C=O) groups is 1. The number of ether oxygens (including phenoxy) is 1. The van der Waals surface area contributed by atoms with Crippen molar-refractivity contribution in [3.8, 4) is 5.75 Å². The summed E-state index contributed by atoms with van der Waals surface area (Å²) >= 11 is 0. The van der Waals surface area contributed by atoms with Crippen molar-refractivity contribution >= 4 is 5.91 Å². The summed E-state index contributed by atoms with van der Waals surface area (Å²) in [6.07, 6.45) is 3.34. The van der Waals surface area contributed by atoms with Crippen molar-refractivity contribution in [3.05, 3.63) is 29.3 Å². The van der Waals surface area contributed by atoms with Gasteiger partial charge in [-0.25, -0.2) is 0 Å². The van der Waals surface area contributed by atoms with Gasteiger partial charge >= 0.3 is 0 Å². The van der Waals surface area contributed by atoms with E-state index in [0.29, 0.717) is 11.6 Å². The molecule has 1 atom stereocenters. The standard InChI is InChI=1S/C17H26N2O2/c1-4-9-18-15-6-5-10-19(12-15)17(20)14-8-7-13(2)16(11-14)21-3/h7-8,11,15,18H,4-6,9-10,12H2,1-3H3. The van der Waals surface area contributed by atoms with E-state index >= 15 is 0 Å². The van der Waals surface area contributed by atoms with Crippen LogP contribution in [0.25, 0.3) is 0 Å². The second kappa shape index (κ2) is 7.46. The molecule has 4 nitrogen and oxygen atoms in total. The molecular weight excluding hydrogens is 264 g/mol. The van der Waals surface area contributed by atoms with Gasteiger partial charge in [0.2, 0.25) is 0 Å². The quantitative estimate of drug-likeness (QED) is 0.906. The molecule has 2 rings (SSSR count). The van der Waals surface area contributed by atoms with Gasteiger partial charge in [-0.15, -0.1) is 0 Å². The van der Waals surface area contributed by atoms with E-state index in [2.05, 4.69) is 12.2 Å². The van der Waals surface area contributed by atoms with Gasteiger partial charge in [-0.3, -0.25) is 4.79 Å². The second-order valence-electron chi connectivity index (χ2n) is 5.73. The lowest BCUT2D eigenvalue weighted by molar-refractivity contribution is 0.0694. The highest BCUT2D eigenvalue weighted by Gasteiger charge is 2.24. The summed E-state index contributed by atoms with van der Waals surface area (Å²) in [6, 6.07) is 6.11. The topological polar surface area (TPSA) is 41.6 Å². The lowest BCUT2D eigenvalue weighted by Crippen LogP contribution is -2.48. The molecule has 0 spiro atoms. The van der Waals surface area contributed by atoms with Crippen molar-refractivity contribution in [1.29, 1.82) is 0 Å². The number of nitrogens with zero attached hydrogens (tertiary/aromatic N) is 1. The van der Waals surface area contributed by atoms with Gasteiger partial charge in [-0.1, -0.05) is 13.0 Å². The molecule has 21 heavy (non-hydrogen) atoms. The number of carbonyl (C=O) groups excluding carboxylic acids is 1. The van der Waals surface area contributed by atoms with E-state index in [1.54, 1.807) is 7.11 Å². The normalized spacial score (nSPS) is 18.6. The number of rotatable bonds is 5. The van der Waals surface area contributed by atoms with E-state index in [1.807, 2.05) is 30.0 Å². The molecule has 0 saturated carbocycles. The molecule has 1 unspecified atom stereocenters.